The first-order chi connectivity index (χ1) is 7.00. The first-order valence-electron chi connectivity index (χ1n) is 4.01. The first-order valence-corrected chi connectivity index (χ1v) is 4.39. The Morgan fingerprint density at radius 3 is 2.73 bits per heavy atom. The number of esters is 1. The van der Waals surface area contributed by atoms with Gasteiger partial charge in [0.25, 0.3) is 6.43 Å². The summed E-state index contributed by atoms with van der Waals surface area (Å²) in [6, 6.07) is 4.11. The molecule has 0 aliphatic rings. The maximum atomic E-state index is 11.7. The summed E-state index contributed by atoms with van der Waals surface area (Å²) in [6.07, 6.45) is -2.69. The molecule has 0 unspecified atom stereocenters. The minimum atomic E-state index is -2.69. The third kappa shape index (κ3) is 3.36. The van der Waals surface area contributed by atoms with Crippen LogP contribution in [0.25, 0.3) is 0 Å². The van der Waals surface area contributed by atoms with Gasteiger partial charge in [0.1, 0.15) is 0 Å². The van der Waals surface area contributed by atoms with E-state index < -0.39 is 19.0 Å². The van der Waals surface area contributed by atoms with Crippen molar-refractivity contribution < 1.29 is 18.3 Å². The molecule has 0 fully saturated rings. The number of nitrogen functional groups attached to an aromatic ring is 1. The third-order valence-corrected chi connectivity index (χ3v) is 1.87. The van der Waals surface area contributed by atoms with Crippen LogP contribution in [0.3, 0.4) is 0 Å². The lowest BCUT2D eigenvalue weighted by Crippen LogP contribution is -2.12. The Bertz CT molecular complexity index is 371. The molecule has 0 radical (unpaired) electrons. The summed E-state index contributed by atoms with van der Waals surface area (Å²) in [7, 11) is 0. The molecule has 0 amide bonds. The number of alkyl halides is 2. The molecule has 15 heavy (non-hydrogen) atoms. The number of carbonyl (C=O) groups is 1. The smallest absolute Gasteiger partial charge is 0.339 e. The molecule has 0 aliphatic heterocycles. The fourth-order valence-electron chi connectivity index (χ4n) is 0.913. The highest BCUT2D eigenvalue weighted by molar-refractivity contribution is 6.33. The van der Waals surface area contributed by atoms with Crippen molar-refractivity contribution in [1.82, 2.24) is 0 Å². The van der Waals surface area contributed by atoms with Gasteiger partial charge in [0.15, 0.2) is 6.61 Å². The molecule has 0 heterocycles. The van der Waals surface area contributed by atoms with Crippen LogP contribution < -0.4 is 5.73 Å². The van der Waals surface area contributed by atoms with E-state index in [2.05, 4.69) is 4.74 Å². The van der Waals surface area contributed by atoms with E-state index in [1.807, 2.05) is 0 Å². The highest BCUT2D eigenvalue weighted by Gasteiger charge is 2.14. The monoisotopic (exact) mass is 235 g/mol. The molecule has 0 aliphatic carbocycles. The second-order valence-electron chi connectivity index (χ2n) is 2.73. The molecular formula is C9H8ClF2NO2. The predicted octanol–water partition coefficient (Wildman–Crippen LogP) is 2.34. The minimum absolute atomic E-state index is 0.0199. The van der Waals surface area contributed by atoms with Crippen molar-refractivity contribution in [3.05, 3.63) is 28.8 Å². The topological polar surface area (TPSA) is 52.3 Å². The van der Waals surface area contributed by atoms with Crippen LogP contribution in [-0.4, -0.2) is 19.0 Å². The van der Waals surface area contributed by atoms with E-state index in [-0.39, 0.29) is 10.6 Å². The standard InChI is InChI=1S/C9H8ClF2NO2/c10-7-3-5(13)1-2-6(7)9(14)15-4-8(11)12/h1-3,8H,4,13H2. The highest BCUT2D eigenvalue weighted by atomic mass is 35.5. The van der Waals surface area contributed by atoms with Gasteiger partial charge in [0, 0.05) is 5.69 Å². The predicted molar refractivity (Wildman–Crippen MR) is 52.2 cm³/mol. The molecule has 0 bridgehead atoms. The number of benzene rings is 1. The van der Waals surface area contributed by atoms with Crippen LogP contribution in [0.4, 0.5) is 14.5 Å². The molecule has 0 aromatic heterocycles. The molecule has 1 aromatic rings. The van der Waals surface area contributed by atoms with Crippen LogP contribution >= 0.6 is 11.6 Å². The summed E-state index contributed by atoms with van der Waals surface area (Å²) in [5, 5.41) is 0.0780. The number of halogens is 3. The van der Waals surface area contributed by atoms with Gasteiger partial charge in [-0.25, -0.2) is 13.6 Å². The quantitative estimate of drug-likeness (QED) is 0.646. The number of rotatable bonds is 3. The average molecular weight is 236 g/mol. The SMILES string of the molecule is Nc1ccc(C(=O)OCC(F)F)c(Cl)c1. The summed E-state index contributed by atoms with van der Waals surface area (Å²) in [4.78, 5) is 11.2. The molecule has 2 N–H and O–H groups in total. The van der Waals surface area contributed by atoms with Crippen molar-refractivity contribution in [1.29, 1.82) is 0 Å². The van der Waals surface area contributed by atoms with Crippen molar-refractivity contribution in [2.45, 2.75) is 6.43 Å². The molecule has 0 atom stereocenters. The number of ether oxygens (including phenoxy) is 1. The molecule has 0 saturated carbocycles. The molecule has 82 valence electrons. The van der Waals surface area contributed by atoms with E-state index in [9.17, 15) is 13.6 Å². The lowest BCUT2D eigenvalue weighted by molar-refractivity contribution is 0.0160. The number of carbonyl (C=O) groups excluding carboxylic acids is 1. The van der Waals surface area contributed by atoms with Gasteiger partial charge in [-0.1, -0.05) is 11.6 Å². The molecule has 3 nitrogen and oxygen atoms in total. The van der Waals surface area contributed by atoms with Gasteiger partial charge in [0.2, 0.25) is 0 Å². The largest absolute Gasteiger partial charge is 0.456 e. The van der Waals surface area contributed by atoms with Crippen molar-refractivity contribution >= 4 is 23.3 Å². The molecule has 0 spiro atoms. The third-order valence-electron chi connectivity index (χ3n) is 1.55. The Labute approximate surface area is 89.8 Å². The van der Waals surface area contributed by atoms with Gasteiger partial charge in [-0.05, 0) is 18.2 Å². The van der Waals surface area contributed by atoms with Gasteiger partial charge in [0.05, 0.1) is 10.6 Å². The lowest BCUT2D eigenvalue weighted by atomic mass is 10.2. The van der Waals surface area contributed by atoms with Crippen molar-refractivity contribution in [3.63, 3.8) is 0 Å². The zero-order valence-corrected chi connectivity index (χ0v) is 8.30. The normalized spacial score (nSPS) is 10.4. The van der Waals surface area contributed by atoms with Crippen LogP contribution in [0.15, 0.2) is 18.2 Å². The van der Waals surface area contributed by atoms with Crippen molar-refractivity contribution in [3.8, 4) is 0 Å². The number of hydrogen-bond donors (Lipinski definition) is 1. The van der Waals surface area contributed by atoms with E-state index >= 15 is 0 Å². The van der Waals surface area contributed by atoms with Crippen LogP contribution in [0.5, 0.6) is 0 Å². The molecule has 1 aromatic carbocycles. The fraction of sp³-hybridized carbons (Fsp3) is 0.222. The minimum Gasteiger partial charge on any atom is -0.456 e. The van der Waals surface area contributed by atoms with E-state index in [1.165, 1.54) is 18.2 Å². The van der Waals surface area contributed by atoms with Crippen molar-refractivity contribution in [2.24, 2.45) is 0 Å². The molecular weight excluding hydrogens is 228 g/mol. The maximum Gasteiger partial charge on any atom is 0.339 e. The Kier molecular flexibility index (Phi) is 3.85. The van der Waals surface area contributed by atoms with Gasteiger partial charge < -0.3 is 10.5 Å². The summed E-state index contributed by atoms with van der Waals surface area (Å²) in [5.74, 6) is -0.889. The molecule has 6 heteroatoms. The summed E-state index contributed by atoms with van der Waals surface area (Å²) < 4.78 is 27.8. The number of anilines is 1. The number of hydrogen-bond acceptors (Lipinski definition) is 3. The fourth-order valence-corrected chi connectivity index (χ4v) is 1.18. The highest BCUT2D eigenvalue weighted by Crippen LogP contribution is 2.20. The Hall–Kier alpha value is -1.36. The summed E-state index contributed by atoms with van der Waals surface area (Å²) >= 11 is 5.67. The molecule has 0 saturated heterocycles. The van der Waals surface area contributed by atoms with Crippen LogP contribution in [0.2, 0.25) is 5.02 Å². The van der Waals surface area contributed by atoms with Gasteiger partial charge in [-0.2, -0.15) is 0 Å². The zero-order chi connectivity index (χ0) is 11.4. The number of nitrogens with two attached hydrogens (primary N) is 1. The van der Waals surface area contributed by atoms with Crippen molar-refractivity contribution in [2.75, 3.05) is 12.3 Å². The Morgan fingerprint density at radius 2 is 2.20 bits per heavy atom. The van der Waals surface area contributed by atoms with Crippen LogP contribution in [0, 0.1) is 0 Å². The van der Waals surface area contributed by atoms with E-state index in [1.54, 1.807) is 0 Å². The lowest BCUT2D eigenvalue weighted by Gasteiger charge is -2.05. The molecule has 1 rings (SSSR count). The van der Waals surface area contributed by atoms with E-state index in [0.717, 1.165) is 0 Å². The van der Waals surface area contributed by atoms with Gasteiger partial charge >= 0.3 is 5.97 Å². The summed E-state index contributed by atoms with van der Waals surface area (Å²) in [6.45, 7) is -0.945. The zero-order valence-electron chi connectivity index (χ0n) is 7.54. The second-order valence-corrected chi connectivity index (χ2v) is 3.14. The van der Waals surface area contributed by atoms with Crippen LogP contribution in [-0.2, 0) is 4.74 Å². The van der Waals surface area contributed by atoms with E-state index in [0.29, 0.717) is 5.69 Å². The van der Waals surface area contributed by atoms with Gasteiger partial charge in [-0.3, -0.25) is 0 Å². The van der Waals surface area contributed by atoms with E-state index in [4.69, 9.17) is 17.3 Å². The second kappa shape index (κ2) is 4.93. The summed E-state index contributed by atoms with van der Waals surface area (Å²) in [5.41, 5.74) is 5.79. The average Bonchev–Trinajstić information content (AvgIpc) is 2.14. The van der Waals surface area contributed by atoms with Gasteiger partial charge in [-0.15, -0.1) is 0 Å². The Morgan fingerprint density at radius 1 is 1.53 bits per heavy atom. The van der Waals surface area contributed by atoms with Crippen LogP contribution in [0.1, 0.15) is 10.4 Å². The maximum absolute atomic E-state index is 11.7. The first kappa shape index (κ1) is 11.7. The Balaban J connectivity index is 2.74.